The van der Waals surface area contributed by atoms with Crippen molar-refractivity contribution in [3.63, 3.8) is 0 Å². The number of rotatable bonds is 5. The van der Waals surface area contributed by atoms with Crippen LogP contribution in [0, 0.1) is 11.8 Å². The molecular formula is C20H27ClN2. The molecule has 2 N–H and O–H groups in total. The molecular weight excluding hydrogens is 304 g/mol. The average molecular weight is 331 g/mol. The highest BCUT2D eigenvalue weighted by atomic mass is 35.5. The zero-order chi connectivity index (χ0) is 15.8. The first kappa shape index (κ1) is 15.5. The number of H-pyrrole nitrogens is 1. The Morgan fingerprint density at radius 2 is 2.13 bits per heavy atom. The lowest BCUT2D eigenvalue weighted by Crippen LogP contribution is -2.47. The standard InChI is InChI=1S/C20H27ClN2/c1-2-10-22-20(13-4-3-5-13)15-6-8-16-14(11-15)7-9-18-19(16)17(21)12-23-18/h7,9,12-13,15,20,22-23H,2-6,8,10-11H2,1H3. The largest absolute Gasteiger partial charge is 0.360 e. The predicted octanol–water partition coefficient (Wildman–Crippen LogP) is 5.09. The first-order valence-corrected chi connectivity index (χ1v) is 9.66. The maximum absolute atomic E-state index is 6.42. The molecule has 1 aromatic carbocycles. The second kappa shape index (κ2) is 6.49. The number of aromatic amines is 1. The normalized spacial score (nSPS) is 22.8. The van der Waals surface area contributed by atoms with Crippen molar-refractivity contribution in [2.24, 2.45) is 11.8 Å². The van der Waals surface area contributed by atoms with E-state index in [0.717, 1.165) is 23.4 Å². The molecule has 0 radical (unpaired) electrons. The summed E-state index contributed by atoms with van der Waals surface area (Å²) in [6.07, 6.45) is 11.1. The van der Waals surface area contributed by atoms with Gasteiger partial charge < -0.3 is 10.3 Å². The van der Waals surface area contributed by atoms with E-state index in [9.17, 15) is 0 Å². The first-order valence-electron chi connectivity index (χ1n) is 9.28. The van der Waals surface area contributed by atoms with Crippen molar-refractivity contribution < 1.29 is 0 Å². The summed E-state index contributed by atoms with van der Waals surface area (Å²) in [7, 11) is 0. The maximum Gasteiger partial charge on any atom is 0.0662 e. The van der Waals surface area contributed by atoms with Crippen LogP contribution in [0.15, 0.2) is 18.3 Å². The summed E-state index contributed by atoms with van der Waals surface area (Å²) in [5.41, 5.74) is 4.21. The average Bonchev–Trinajstić information content (AvgIpc) is 2.90. The molecule has 3 heteroatoms. The molecule has 124 valence electrons. The number of aromatic nitrogens is 1. The van der Waals surface area contributed by atoms with Crippen LogP contribution in [0.2, 0.25) is 5.02 Å². The van der Waals surface area contributed by atoms with Crippen LogP contribution >= 0.6 is 11.6 Å². The third kappa shape index (κ3) is 2.81. The number of halogens is 1. The van der Waals surface area contributed by atoms with Crippen molar-refractivity contribution in [1.29, 1.82) is 0 Å². The van der Waals surface area contributed by atoms with E-state index < -0.39 is 0 Å². The molecule has 1 aromatic heterocycles. The maximum atomic E-state index is 6.42. The van der Waals surface area contributed by atoms with Gasteiger partial charge in [-0.2, -0.15) is 0 Å². The van der Waals surface area contributed by atoms with Crippen LogP contribution in [0.5, 0.6) is 0 Å². The monoisotopic (exact) mass is 330 g/mol. The summed E-state index contributed by atoms with van der Waals surface area (Å²) in [6.45, 7) is 3.43. The number of hydrogen-bond donors (Lipinski definition) is 2. The lowest BCUT2D eigenvalue weighted by atomic mass is 9.69. The van der Waals surface area contributed by atoms with Gasteiger partial charge in [-0.15, -0.1) is 0 Å². The molecule has 1 fully saturated rings. The lowest BCUT2D eigenvalue weighted by Gasteiger charge is -2.41. The lowest BCUT2D eigenvalue weighted by molar-refractivity contribution is 0.163. The molecule has 0 bridgehead atoms. The van der Waals surface area contributed by atoms with Gasteiger partial charge in [0.1, 0.15) is 0 Å². The van der Waals surface area contributed by atoms with Crippen LogP contribution < -0.4 is 5.32 Å². The van der Waals surface area contributed by atoms with Gasteiger partial charge in [-0.1, -0.05) is 31.0 Å². The summed E-state index contributed by atoms with van der Waals surface area (Å²) in [5.74, 6) is 1.70. The SMILES string of the molecule is CCCNC(C1CCC1)C1CCc2c(ccc3[nH]cc(Cl)c23)C1. The van der Waals surface area contributed by atoms with Crippen LogP contribution in [0.25, 0.3) is 10.9 Å². The molecule has 0 aliphatic heterocycles. The molecule has 2 aromatic rings. The molecule has 0 saturated heterocycles. The smallest absolute Gasteiger partial charge is 0.0662 e. The number of aryl methyl sites for hydroxylation is 1. The predicted molar refractivity (Wildman–Crippen MR) is 98.2 cm³/mol. The van der Waals surface area contributed by atoms with Gasteiger partial charge in [0.15, 0.2) is 0 Å². The van der Waals surface area contributed by atoms with E-state index in [1.165, 1.54) is 67.0 Å². The molecule has 2 unspecified atom stereocenters. The fraction of sp³-hybridized carbons (Fsp3) is 0.600. The van der Waals surface area contributed by atoms with E-state index in [1.807, 2.05) is 6.20 Å². The second-order valence-electron chi connectivity index (χ2n) is 7.44. The molecule has 4 rings (SSSR count). The van der Waals surface area contributed by atoms with Gasteiger partial charge in [0, 0.05) is 23.1 Å². The van der Waals surface area contributed by atoms with Crippen molar-refractivity contribution in [1.82, 2.24) is 10.3 Å². The van der Waals surface area contributed by atoms with Gasteiger partial charge in [-0.3, -0.25) is 0 Å². The third-order valence-corrected chi connectivity index (χ3v) is 6.34. The molecule has 0 amide bonds. The molecule has 1 saturated carbocycles. The highest BCUT2D eigenvalue weighted by Crippen LogP contribution is 2.40. The van der Waals surface area contributed by atoms with E-state index in [-0.39, 0.29) is 0 Å². The van der Waals surface area contributed by atoms with Crippen LogP contribution in [0.4, 0.5) is 0 Å². The quantitative estimate of drug-likeness (QED) is 0.784. The summed E-state index contributed by atoms with van der Waals surface area (Å²) < 4.78 is 0. The summed E-state index contributed by atoms with van der Waals surface area (Å²) >= 11 is 6.42. The Bertz CT molecular complexity index is 686. The topological polar surface area (TPSA) is 27.8 Å². The Balaban J connectivity index is 1.59. The van der Waals surface area contributed by atoms with Crippen molar-refractivity contribution in [3.8, 4) is 0 Å². The Kier molecular flexibility index (Phi) is 4.38. The fourth-order valence-electron chi connectivity index (χ4n) is 4.62. The summed E-state index contributed by atoms with van der Waals surface area (Å²) in [6, 6.07) is 5.25. The molecule has 2 atom stereocenters. The van der Waals surface area contributed by atoms with Gasteiger partial charge in [0.2, 0.25) is 0 Å². The van der Waals surface area contributed by atoms with Gasteiger partial charge >= 0.3 is 0 Å². The highest BCUT2D eigenvalue weighted by molar-refractivity contribution is 6.35. The van der Waals surface area contributed by atoms with Gasteiger partial charge in [0.25, 0.3) is 0 Å². The minimum Gasteiger partial charge on any atom is -0.360 e. The number of benzene rings is 1. The van der Waals surface area contributed by atoms with Crippen LogP contribution in [-0.4, -0.2) is 17.6 Å². The van der Waals surface area contributed by atoms with Crippen molar-refractivity contribution >= 4 is 22.5 Å². The minimum atomic E-state index is 0.717. The van der Waals surface area contributed by atoms with Gasteiger partial charge in [-0.05, 0) is 74.1 Å². The third-order valence-electron chi connectivity index (χ3n) is 6.05. The Hall–Kier alpha value is -0.990. The molecule has 23 heavy (non-hydrogen) atoms. The van der Waals surface area contributed by atoms with Crippen molar-refractivity contribution in [2.45, 2.75) is 57.9 Å². The van der Waals surface area contributed by atoms with E-state index in [0.29, 0.717) is 6.04 Å². The van der Waals surface area contributed by atoms with Crippen LogP contribution in [0.1, 0.15) is 50.2 Å². The Labute approximate surface area is 144 Å². The van der Waals surface area contributed by atoms with Crippen molar-refractivity contribution in [2.75, 3.05) is 6.54 Å². The number of fused-ring (bicyclic) bond motifs is 3. The summed E-state index contributed by atoms with van der Waals surface area (Å²) in [4.78, 5) is 3.29. The van der Waals surface area contributed by atoms with Gasteiger partial charge in [-0.25, -0.2) is 0 Å². The molecule has 1 heterocycles. The first-order chi connectivity index (χ1) is 11.3. The van der Waals surface area contributed by atoms with Gasteiger partial charge in [0.05, 0.1) is 5.02 Å². The Morgan fingerprint density at radius 1 is 1.26 bits per heavy atom. The zero-order valence-corrected chi connectivity index (χ0v) is 14.8. The van der Waals surface area contributed by atoms with Crippen LogP contribution in [-0.2, 0) is 12.8 Å². The van der Waals surface area contributed by atoms with E-state index >= 15 is 0 Å². The van der Waals surface area contributed by atoms with Crippen LogP contribution in [0.3, 0.4) is 0 Å². The zero-order valence-electron chi connectivity index (χ0n) is 14.0. The van der Waals surface area contributed by atoms with Crippen molar-refractivity contribution in [3.05, 3.63) is 34.5 Å². The second-order valence-corrected chi connectivity index (χ2v) is 7.84. The highest BCUT2D eigenvalue weighted by Gasteiger charge is 2.35. The minimum absolute atomic E-state index is 0.717. The molecule has 2 nitrogen and oxygen atoms in total. The molecule has 0 spiro atoms. The van der Waals surface area contributed by atoms with E-state index in [1.54, 1.807) is 0 Å². The molecule has 2 aliphatic rings. The number of nitrogens with one attached hydrogen (secondary N) is 2. The summed E-state index contributed by atoms with van der Waals surface area (Å²) in [5, 5.41) is 6.04. The fourth-order valence-corrected chi connectivity index (χ4v) is 4.89. The molecule has 2 aliphatic carbocycles. The van der Waals surface area contributed by atoms with E-state index in [2.05, 4.69) is 29.4 Å². The van der Waals surface area contributed by atoms with E-state index in [4.69, 9.17) is 11.6 Å². The number of hydrogen-bond acceptors (Lipinski definition) is 1. The Morgan fingerprint density at radius 3 is 2.87 bits per heavy atom.